The molecule has 0 aromatic carbocycles. The molecule has 1 N–H and O–H groups in total. The minimum absolute atomic E-state index is 0.560. The van der Waals surface area contributed by atoms with Crippen LogP contribution in [0.4, 0.5) is 5.82 Å². The number of nitrogens with zero attached hydrogens (tertiary/aromatic N) is 2. The number of rotatable bonds is 2. The third-order valence-corrected chi connectivity index (χ3v) is 3.94. The number of aromatic nitrogens is 2. The maximum Gasteiger partial charge on any atom is 0.131 e. The largest absolute Gasteiger partial charge is 0.366 e. The van der Waals surface area contributed by atoms with E-state index in [1.807, 2.05) is 24.8 Å². The zero-order chi connectivity index (χ0) is 10.7. The van der Waals surface area contributed by atoms with Gasteiger partial charge in [-0.1, -0.05) is 0 Å². The zero-order valence-electron chi connectivity index (χ0n) is 8.66. The molecule has 1 aliphatic rings. The van der Waals surface area contributed by atoms with Gasteiger partial charge in [0.25, 0.3) is 0 Å². The number of halogens is 1. The van der Waals surface area contributed by atoms with Crippen molar-refractivity contribution in [3.8, 4) is 0 Å². The van der Waals surface area contributed by atoms with Crippen molar-refractivity contribution in [2.24, 2.45) is 0 Å². The lowest BCUT2D eigenvalue weighted by molar-refractivity contribution is 0.681. The second-order valence-electron chi connectivity index (χ2n) is 3.68. The van der Waals surface area contributed by atoms with Gasteiger partial charge < -0.3 is 5.32 Å². The Morgan fingerprint density at radius 2 is 2.40 bits per heavy atom. The summed E-state index contributed by atoms with van der Waals surface area (Å²) in [6.07, 6.45) is 2.54. The van der Waals surface area contributed by atoms with Crippen LogP contribution in [-0.2, 0) is 0 Å². The first kappa shape index (κ1) is 11.2. The fourth-order valence-corrected chi connectivity index (χ4v) is 3.21. The van der Waals surface area contributed by atoms with Crippen molar-refractivity contribution >= 4 is 33.5 Å². The predicted molar refractivity (Wildman–Crippen MR) is 68.4 cm³/mol. The van der Waals surface area contributed by atoms with Crippen LogP contribution in [0.1, 0.15) is 18.7 Å². The van der Waals surface area contributed by atoms with Crippen LogP contribution < -0.4 is 5.32 Å². The smallest absolute Gasteiger partial charge is 0.131 e. The van der Waals surface area contributed by atoms with Gasteiger partial charge >= 0.3 is 0 Å². The molecular formula is C10H14BrN3S. The van der Waals surface area contributed by atoms with E-state index in [0.29, 0.717) is 6.04 Å². The van der Waals surface area contributed by atoms with E-state index < -0.39 is 0 Å². The number of aryl methyl sites for hydroxylation is 1. The van der Waals surface area contributed by atoms with Gasteiger partial charge in [-0.05, 0) is 41.4 Å². The minimum atomic E-state index is 0.560. The highest BCUT2D eigenvalue weighted by atomic mass is 79.9. The normalized spacial score (nSPS) is 21.3. The molecule has 1 aromatic rings. The second-order valence-corrected chi connectivity index (χ2v) is 5.64. The lowest BCUT2D eigenvalue weighted by atomic mass is 10.2. The molecule has 1 aliphatic heterocycles. The van der Waals surface area contributed by atoms with Gasteiger partial charge in [0.15, 0.2) is 0 Å². The Bertz CT molecular complexity index is 319. The molecule has 0 bridgehead atoms. The van der Waals surface area contributed by atoms with Gasteiger partial charge in [-0.25, -0.2) is 9.97 Å². The van der Waals surface area contributed by atoms with E-state index in [-0.39, 0.29) is 0 Å². The van der Waals surface area contributed by atoms with E-state index in [1.165, 1.54) is 24.3 Å². The van der Waals surface area contributed by atoms with E-state index >= 15 is 0 Å². The molecule has 0 saturated carbocycles. The molecule has 15 heavy (non-hydrogen) atoms. The SMILES string of the molecule is Cc1nc(Br)cc(NC2CCCSC2)n1. The third kappa shape index (κ3) is 3.34. The Balaban J connectivity index is 2.02. The van der Waals surface area contributed by atoms with Crippen LogP contribution >= 0.6 is 27.7 Å². The molecule has 0 radical (unpaired) electrons. The first-order valence-corrected chi connectivity index (χ1v) is 7.04. The van der Waals surface area contributed by atoms with Gasteiger partial charge in [0.2, 0.25) is 0 Å². The van der Waals surface area contributed by atoms with Gasteiger partial charge in [0.1, 0.15) is 16.2 Å². The predicted octanol–water partition coefficient (Wildman–Crippen LogP) is 2.86. The molecule has 1 saturated heterocycles. The van der Waals surface area contributed by atoms with Crippen molar-refractivity contribution in [3.63, 3.8) is 0 Å². The van der Waals surface area contributed by atoms with E-state index in [0.717, 1.165) is 16.2 Å². The van der Waals surface area contributed by atoms with Crippen molar-refractivity contribution in [1.29, 1.82) is 0 Å². The second kappa shape index (κ2) is 5.16. The molecule has 0 aliphatic carbocycles. The zero-order valence-corrected chi connectivity index (χ0v) is 11.1. The third-order valence-electron chi connectivity index (χ3n) is 2.32. The quantitative estimate of drug-likeness (QED) is 0.849. The number of hydrogen-bond acceptors (Lipinski definition) is 4. The van der Waals surface area contributed by atoms with Crippen LogP contribution in [0.2, 0.25) is 0 Å². The van der Waals surface area contributed by atoms with E-state index in [1.54, 1.807) is 0 Å². The fraction of sp³-hybridized carbons (Fsp3) is 0.600. The summed E-state index contributed by atoms with van der Waals surface area (Å²) in [7, 11) is 0. The molecule has 1 aromatic heterocycles. The maximum absolute atomic E-state index is 4.37. The van der Waals surface area contributed by atoms with Gasteiger partial charge in [-0.15, -0.1) is 0 Å². The lowest BCUT2D eigenvalue weighted by Crippen LogP contribution is -2.26. The molecule has 3 nitrogen and oxygen atoms in total. The molecule has 1 unspecified atom stereocenters. The molecule has 2 rings (SSSR count). The minimum Gasteiger partial charge on any atom is -0.366 e. The number of hydrogen-bond donors (Lipinski definition) is 1. The molecule has 82 valence electrons. The Kier molecular flexibility index (Phi) is 3.86. The van der Waals surface area contributed by atoms with Crippen LogP contribution in [0.15, 0.2) is 10.7 Å². The van der Waals surface area contributed by atoms with E-state index in [2.05, 4.69) is 31.2 Å². The molecule has 0 spiro atoms. The fourth-order valence-electron chi connectivity index (χ4n) is 1.67. The van der Waals surface area contributed by atoms with Crippen molar-refractivity contribution in [1.82, 2.24) is 9.97 Å². The molecular weight excluding hydrogens is 274 g/mol. The molecule has 5 heteroatoms. The van der Waals surface area contributed by atoms with Crippen LogP contribution in [0, 0.1) is 6.92 Å². The summed E-state index contributed by atoms with van der Waals surface area (Å²) in [4.78, 5) is 8.55. The number of thioether (sulfide) groups is 1. The van der Waals surface area contributed by atoms with Crippen molar-refractivity contribution in [2.75, 3.05) is 16.8 Å². The van der Waals surface area contributed by atoms with Gasteiger partial charge in [-0.2, -0.15) is 11.8 Å². The monoisotopic (exact) mass is 287 g/mol. The summed E-state index contributed by atoms with van der Waals surface area (Å²) in [6.45, 7) is 1.91. The summed E-state index contributed by atoms with van der Waals surface area (Å²) < 4.78 is 0.848. The standard InChI is InChI=1S/C10H14BrN3S/c1-7-12-9(11)5-10(13-7)14-8-3-2-4-15-6-8/h5,8H,2-4,6H2,1H3,(H,12,13,14). The summed E-state index contributed by atoms with van der Waals surface area (Å²) in [5.41, 5.74) is 0. The van der Waals surface area contributed by atoms with Crippen LogP contribution in [0.5, 0.6) is 0 Å². The average molecular weight is 288 g/mol. The molecule has 1 atom stereocenters. The maximum atomic E-state index is 4.37. The Morgan fingerprint density at radius 1 is 1.53 bits per heavy atom. The average Bonchev–Trinajstić information content (AvgIpc) is 2.17. The van der Waals surface area contributed by atoms with Crippen LogP contribution in [-0.4, -0.2) is 27.5 Å². The highest BCUT2D eigenvalue weighted by Crippen LogP contribution is 2.21. The summed E-state index contributed by atoms with van der Waals surface area (Å²) >= 11 is 5.39. The van der Waals surface area contributed by atoms with Crippen molar-refractivity contribution in [3.05, 3.63) is 16.5 Å². The Morgan fingerprint density at radius 3 is 3.07 bits per heavy atom. The Hall–Kier alpha value is -0.290. The van der Waals surface area contributed by atoms with Gasteiger partial charge in [0, 0.05) is 17.9 Å². The number of nitrogens with one attached hydrogen (secondary N) is 1. The topological polar surface area (TPSA) is 37.8 Å². The molecule has 1 fully saturated rings. The van der Waals surface area contributed by atoms with Crippen molar-refractivity contribution in [2.45, 2.75) is 25.8 Å². The van der Waals surface area contributed by atoms with Crippen LogP contribution in [0.3, 0.4) is 0 Å². The Labute approximate surface area is 103 Å². The summed E-state index contributed by atoms with van der Waals surface area (Å²) in [5.74, 6) is 4.21. The van der Waals surface area contributed by atoms with Crippen molar-refractivity contribution < 1.29 is 0 Å². The van der Waals surface area contributed by atoms with Gasteiger partial charge in [0.05, 0.1) is 0 Å². The first-order chi connectivity index (χ1) is 7.24. The van der Waals surface area contributed by atoms with E-state index in [4.69, 9.17) is 0 Å². The van der Waals surface area contributed by atoms with E-state index in [9.17, 15) is 0 Å². The lowest BCUT2D eigenvalue weighted by Gasteiger charge is -2.23. The molecule has 2 heterocycles. The van der Waals surface area contributed by atoms with Crippen LogP contribution in [0.25, 0.3) is 0 Å². The summed E-state index contributed by atoms with van der Waals surface area (Å²) in [6, 6.07) is 2.50. The number of anilines is 1. The first-order valence-electron chi connectivity index (χ1n) is 5.09. The highest BCUT2D eigenvalue weighted by molar-refractivity contribution is 9.10. The highest BCUT2D eigenvalue weighted by Gasteiger charge is 2.14. The summed E-state index contributed by atoms with van der Waals surface area (Å²) in [5, 5.41) is 3.46. The molecule has 0 amide bonds. The van der Waals surface area contributed by atoms with Gasteiger partial charge in [-0.3, -0.25) is 0 Å².